The van der Waals surface area contributed by atoms with Crippen LogP contribution in [0.1, 0.15) is 23.9 Å². The zero-order valence-electron chi connectivity index (χ0n) is 24.0. The van der Waals surface area contributed by atoms with Crippen LogP contribution >= 0.6 is 11.3 Å². The summed E-state index contributed by atoms with van der Waals surface area (Å²) >= 11 is 1.23. The van der Waals surface area contributed by atoms with Gasteiger partial charge in [-0.1, -0.05) is 18.3 Å². The third-order valence-electron chi connectivity index (χ3n) is 8.13. The van der Waals surface area contributed by atoms with Gasteiger partial charge in [-0.25, -0.2) is 18.3 Å². The first-order valence-electron chi connectivity index (χ1n) is 14.3. The number of piperazine rings is 1. The number of benzene rings is 1. The Morgan fingerprint density at radius 3 is 2.58 bits per heavy atom. The molecule has 1 unspecified atom stereocenters. The largest absolute Gasteiger partial charge is 0.391 e. The molecule has 0 radical (unpaired) electrons. The maximum atomic E-state index is 15.5. The molecule has 2 saturated heterocycles. The van der Waals surface area contributed by atoms with Crippen molar-refractivity contribution in [3.63, 3.8) is 0 Å². The molecular weight excluding hydrogens is 574 g/mol. The Labute approximate surface area is 252 Å². The highest BCUT2D eigenvalue weighted by molar-refractivity contribution is 7.16. The number of fused-ring (bicyclic) bond motifs is 1. The summed E-state index contributed by atoms with van der Waals surface area (Å²) in [6.45, 7) is 5.58. The number of aliphatic hydroxyl groups is 1. The summed E-state index contributed by atoms with van der Waals surface area (Å²) in [7, 11) is 1.85. The average molecular weight is 607 g/mol. The lowest BCUT2D eigenvalue weighted by Crippen LogP contribution is -2.50. The Hall–Kier alpha value is -4.12. The molecule has 2 fully saturated rings. The average Bonchev–Trinajstić information content (AvgIpc) is 3.73. The van der Waals surface area contributed by atoms with Gasteiger partial charge in [-0.3, -0.25) is 9.69 Å². The minimum Gasteiger partial charge on any atom is -0.391 e. The van der Waals surface area contributed by atoms with E-state index in [2.05, 4.69) is 16.1 Å². The smallest absolute Gasteiger partial charge is 0.236 e. The monoisotopic (exact) mass is 606 g/mol. The third kappa shape index (κ3) is 5.65. The number of nitrogens with zero attached hydrogens (tertiary/aromatic N) is 8. The molecule has 1 aromatic carbocycles. The molecule has 2 aliphatic heterocycles. The van der Waals surface area contributed by atoms with Crippen LogP contribution in [0.3, 0.4) is 0 Å². The minimum absolute atomic E-state index is 0.0148. The van der Waals surface area contributed by atoms with Gasteiger partial charge in [-0.05, 0) is 43.2 Å². The van der Waals surface area contributed by atoms with E-state index >= 15 is 4.39 Å². The number of anilines is 3. The minimum atomic E-state index is -0.444. The first-order chi connectivity index (χ1) is 20.7. The zero-order valence-corrected chi connectivity index (χ0v) is 24.8. The van der Waals surface area contributed by atoms with E-state index in [4.69, 9.17) is 4.98 Å². The first-order valence-corrected chi connectivity index (χ1v) is 15.1. The number of likely N-dealkylation sites (tertiary alicyclic amines) is 1. The fourth-order valence-corrected chi connectivity index (χ4v) is 6.63. The highest BCUT2D eigenvalue weighted by atomic mass is 32.1. The van der Waals surface area contributed by atoms with Gasteiger partial charge in [0.25, 0.3) is 0 Å². The second-order valence-electron chi connectivity index (χ2n) is 10.9. The Bertz CT molecular complexity index is 1690. The first kappa shape index (κ1) is 29.0. The second kappa shape index (κ2) is 11.9. The summed E-state index contributed by atoms with van der Waals surface area (Å²) < 4.78 is 30.5. The normalized spacial score (nSPS) is 17.5. The van der Waals surface area contributed by atoms with E-state index in [-0.39, 0.29) is 24.1 Å². The molecule has 0 saturated carbocycles. The number of aromatic nitrogens is 3. The third-order valence-corrected chi connectivity index (χ3v) is 9.16. The predicted molar refractivity (Wildman–Crippen MR) is 161 cm³/mol. The molecule has 13 heteroatoms. The van der Waals surface area contributed by atoms with Crippen molar-refractivity contribution in [2.75, 3.05) is 62.7 Å². The summed E-state index contributed by atoms with van der Waals surface area (Å²) in [5.74, 6) is -0.738. The lowest BCUT2D eigenvalue weighted by molar-refractivity contribution is -0.131. The number of halogens is 2. The molecule has 1 N–H and O–H groups in total. The number of thiazole rings is 1. The van der Waals surface area contributed by atoms with Gasteiger partial charge in [0.05, 0.1) is 41.4 Å². The van der Waals surface area contributed by atoms with Crippen LogP contribution in [-0.2, 0) is 11.2 Å². The number of β-amino-alcohol motifs (C(OH)–C–C–N with tert-alkyl or cyclic N) is 1. The maximum Gasteiger partial charge on any atom is 0.236 e. The van der Waals surface area contributed by atoms with Crippen molar-refractivity contribution >= 4 is 39.3 Å². The van der Waals surface area contributed by atoms with Crippen molar-refractivity contribution in [1.29, 1.82) is 5.26 Å². The molecular formula is C30H32F2N8O2S. The highest BCUT2D eigenvalue weighted by Gasteiger charge is 2.29. The van der Waals surface area contributed by atoms with E-state index in [1.165, 1.54) is 29.7 Å². The van der Waals surface area contributed by atoms with E-state index in [0.29, 0.717) is 84.6 Å². The molecule has 1 atom stereocenters. The van der Waals surface area contributed by atoms with Crippen molar-refractivity contribution in [3.05, 3.63) is 58.7 Å². The van der Waals surface area contributed by atoms with Gasteiger partial charge in [0.15, 0.2) is 10.9 Å². The number of carbonyl (C=O) groups is 1. The van der Waals surface area contributed by atoms with Crippen LogP contribution in [-0.4, -0.2) is 94.4 Å². The number of hydrogen-bond donors (Lipinski definition) is 1. The van der Waals surface area contributed by atoms with Gasteiger partial charge >= 0.3 is 0 Å². The fraction of sp³-hybridized carbons (Fsp3) is 0.400. The van der Waals surface area contributed by atoms with Crippen LogP contribution in [0.25, 0.3) is 16.8 Å². The van der Waals surface area contributed by atoms with E-state index in [1.807, 2.05) is 23.8 Å². The van der Waals surface area contributed by atoms with Crippen molar-refractivity contribution in [1.82, 2.24) is 24.4 Å². The Morgan fingerprint density at radius 1 is 1.19 bits per heavy atom. The summed E-state index contributed by atoms with van der Waals surface area (Å²) in [5.41, 5.74) is 3.82. The number of aliphatic hydroxyl groups excluding tert-OH is 1. The quantitative estimate of drug-likeness (QED) is 0.340. The fourth-order valence-electron chi connectivity index (χ4n) is 5.77. The number of aryl methyl sites for hydroxylation is 1. The Kier molecular flexibility index (Phi) is 8.00. The molecule has 5 heterocycles. The van der Waals surface area contributed by atoms with E-state index < -0.39 is 6.10 Å². The van der Waals surface area contributed by atoms with Crippen LogP contribution < -0.4 is 9.80 Å². The van der Waals surface area contributed by atoms with Gasteiger partial charge < -0.3 is 19.8 Å². The summed E-state index contributed by atoms with van der Waals surface area (Å²) in [4.78, 5) is 25.4. The van der Waals surface area contributed by atoms with Crippen LogP contribution in [0.5, 0.6) is 0 Å². The number of nitriles is 1. The number of rotatable bonds is 7. The molecule has 6 rings (SSSR count). The molecule has 0 aliphatic carbocycles. The molecule has 10 nitrogen and oxygen atoms in total. The number of amides is 1. The molecule has 43 heavy (non-hydrogen) atoms. The molecule has 224 valence electrons. The molecule has 4 aromatic rings. The van der Waals surface area contributed by atoms with Crippen molar-refractivity contribution < 1.29 is 18.7 Å². The Morgan fingerprint density at radius 2 is 1.93 bits per heavy atom. The second-order valence-corrected chi connectivity index (χ2v) is 11.9. The molecule has 0 bridgehead atoms. The molecule has 2 aliphatic rings. The summed E-state index contributed by atoms with van der Waals surface area (Å²) in [5, 5.41) is 24.8. The topological polar surface area (TPSA) is 104 Å². The maximum absolute atomic E-state index is 15.5. The summed E-state index contributed by atoms with van der Waals surface area (Å²) in [6.07, 6.45) is 2.16. The summed E-state index contributed by atoms with van der Waals surface area (Å²) in [6, 6.07) is 9.89. The van der Waals surface area contributed by atoms with Gasteiger partial charge in [0.1, 0.15) is 22.5 Å². The van der Waals surface area contributed by atoms with Gasteiger partial charge in [0, 0.05) is 51.9 Å². The number of pyridine rings is 1. The van der Waals surface area contributed by atoms with Crippen LogP contribution in [0, 0.1) is 23.0 Å². The van der Waals surface area contributed by atoms with E-state index in [1.54, 1.807) is 27.6 Å². The van der Waals surface area contributed by atoms with Gasteiger partial charge in [-0.2, -0.15) is 10.4 Å². The van der Waals surface area contributed by atoms with Crippen LogP contribution in [0.15, 0.2) is 36.5 Å². The number of hydrogen-bond acceptors (Lipinski definition) is 9. The number of carbonyl (C=O) groups excluding carboxylic acids is 1. The van der Waals surface area contributed by atoms with Crippen LogP contribution in [0.4, 0.5) is 25.3 Å². The van der Waals surface area contributed by atoms with Gasteiger partial charge in [-0.15, -0.1) is 0 Å². The van der Waals surface area contributed by atoms with E-state index in [0.717, 1.165) is 11.4 Å². The van der Waals surface area contributed by atoms with Crippen molar-refractivity contribution in [2.24, 2.45) is 0 Å². The van der Waals surface area contributed by atoms with Crippen LogP contribution in [0.2, 0.25) is 0 Å². The SMILES string of the molecule is CCc1nn2cc(F)c(N3CCN(CC(=O)N4CCC(O)C4)CC3)cc2c1N(C)c1nc(-c2ccc(F)cc2)c(C#N)s1. The van der Waals surface area contributed by atoms with E-state index in [9.17, 15) is 19.6 Å². The predicted octanol–water partition coefficient (Wildman–Crippen LogP) is 3.65. The highest BCUT2D eigenvalue weighted by Crippen LogP contribution is 2.39. The van der Waals surface area contributed by atoms with Crippen molar-refractivity contribution in [3.8, 4) is 17.3 Å². The zero-order chi connectivity index (χ0) is 30.2. The van der Waals surface area contributed by atoms with Crippen molar-refractivity contribution in [2.45, 2.75) is 25.9 Å². The molecule has 0 spiro atoms. The van der Waals surface area contributed by atoms with Gasteiger partial charge in [0.2, 0.25) is 5.91 Å². The molecule has 3 aromatic heterocycles. The Balaban J connectivity index is 1.25. The standard InChI is InChI=1S/C30H32F2N8O2S/c1-3-23-29(36(2)30-34-28(26(15-33)43-30)19-4-6-20(31)7-5-19)25-14-24(22(32)17-40(25)35-23)38-12-10-37(11-13-38)18-27(42)39-9-8-21(41)16-39/h4-7,14,17,21,41H,3,8-13,16,18H2,1-2H3. The lowest BCUT2D eigenvalue weighted by atomic mass is 10.1. The lowest BCUT2D eigenvalue weighted by Gasteiger charge is -2.36. The molecule has 1 amide bonds.